The number of amidine groups is 2. The molecule has 2 amide bonds. The highest BCUT2D eigenvalue weighted by Crippen LogP contribution is 2.33. The minimum absolute atomic E-state index is 0. The van der Waals surface area contributed by atoms with Gasteiger partial charge < -0.3 is 40.4 Å². The molecule has 0 bridgehead atoms. The van der Waals surface area contributed by atoms with E-state index in [4.69, 9.17) is 18.9 Å². The second-order valence-electron chi connectivity index (χ2n) is 10.9. The molecule has 2 unspecified atom stereocenters. The van der Waals surface area contributed by atoms with Crippen LogP contribution < -0.4 is 51.3 Å². The summed E-state index contributed by atoms with van der Waals surface area (Å²) in [5.74, 6) is 3.62. The molecule has 16 nitrogen and oxygen atoms in total. The highest BCUT2D eigenvalue weighted by atomic mass is 16.7. The summed E-state index contributed by atoms with van der Waals surface area (Å²) in [6.07, 6.45) is 2.75. The number of hydrazine groups is 2. The van der Waals surface area contributed by atoms with Crippen LogP contribution in [-0.2, 0) is 22.4 Å². The normalized spacial score (nSPS) is 16.5. The van der Waals surface area contributed by atoms with E-state index >= 15 is 0 Å². The summed E-state index contributed by atoms with van der Waals surface area (Å²) >= 11 is 0. The number of benzene rings is 2. The molecule has 0 spiro atoms. The average molecular weight is 763 g/mol. The number of amides is 2. The van der Waals surface area contributed by atoms with Gasteiger partial charge in [-0.3, -0.25) is 19.6 Å². The first kappa shape index (κ1) is 41.5. The monoisotopic (exact) mass is 762 g/mol. The standard InChI is InChI=1S/C17H17N5O3.C16H15N5O3.3C2H6.4H2/c23-15(10-11-4-5-13-14(9-11)25-8-7-24-13)19-17-20-16(21-22-17)12-3-1-2-6-18-12;22-14(8-10-4-5-12-13(7-10)24-9-23-12)18-16-19-15(20-21-16)11-3-1-2-6-17-11;3*1-2;;;;/h1-6,9,17,22H,7-8,10H2,(H,19,23)(H,20,21);1-7,16,21H,8-9H2,(H,18,22)(H,19,20);3*1-2H3;4*1H. The zero-order valence-corrected chi connectivity index (χ0v) is 32.0. The van der Waals surface area contributed by atoms with Gasteiger partial charge in [0, 0.05) is 18.1 Å². The Labute approximate surface area is 327 Å². The molecule has 6 heterocycles. The second-order valence-corrected chi connectivity index (χ2v) is 10.9. The topological polar surface area (TPSA) is 194 Å². The van der Waals surface area contributed by atoms with E-state index in [-0.39, 0.29) is 37.2 Å². The lowest BCUT2D eigenvalue weighted by Gasteiger charge is -2.19. The predicted molar refractivity (Wildman–Crippen MR) is 218 cm³/mol. The highest BCUT2D eigenvalue weighted by Gasteiger charge is 2.22. The number of pyridine rings is 2. The number of fused-ring (bicyclic) bond motifs is 2. The highest BCUT2D eigenvalue weighted by molar-refractivity contribution is 5.98. The molecular weight excluding hydrogens is 704 g/mol. The Morgan fingerprint density at radius 3 is 1.53 bits per heavy atom. The number of nitrogens with one attached hydrogen (secondary N) is 6. The Kier molecular flexibility index (Phi) is 16.7. The molecule has 0 radical (unpaired) electrons. The van der Waals surface area contributed by atoms with Gasteiger partial charge in [-0.15, -0.1) is 0 Å². The van der Waals surface area contributed by atoms with Crippen LogP contribution in [0.1, 0.15) is 69.8 Å². The van der Waals surface area contributed by atoms with Gasteiger partial charge in [-0.25, -0.2) is 9.98 Å². The van der Waals surface area contributed by atoms with Crippen molar-refractivity contribution in [1.29, 1.82) is 0 Å². The van der Waals surface area contributed by atoms with Crippen LogP contribution in [0.15, 0.2) is 95.2 Å². The Hall–Kier alpha value is -6.26. The van der Waals surface area contributed by atoms with Gasteiger partial charge in [-0.05, 0) is 59.7 Å². The molecule has 4 aliphatic rings. The molecule has 4 aromatic rings. The zero-order valence-electron chi connectivity index (χ0n) is 32.0. The number of hydrogen-bond acceptors (Lipinski definition) is 14. The third kappa shape index (κ3) is 12.1. The fourth-order valence-corrected chi connectivity index (χ4v) is 5.09. The number of aromatic nitrogens is 2. The fraction of sp³-hybridized carbons (Fsp3) is 0.333. The molecule has 4 aliphatic heterocycles. The SMILES string of the molecule is CC.CC.CC.O=C(Cc1ccc2c(c1)OCCO2)NC1N=C(c2ccccn2)NN1.O=C(Cc1ccc2c(c1)OCO2)NC1N=C(c2ccccn2)NN1.[HH].[HH].[HH].[HH]. The van der Waals surface area contributed by atoms with Gasteiger partial charge in [-0.1, -0.05) is 65.8 Å². The maximum atomic E-state index is 12.2. The predicted octanol–water partition coefficient (Wildman–Crippen LogP) is 4.72. The number of rotatable bonds is 8. The molecule has 8 rings (SSSR count). The average Bonchev–Trinajstić information content (AvgIpc) is 4.03. The molecule has 55 heavy (non-hydrogen) atoms. The maximum absolute atomic E-state index is 12.2. The first-order chi connectivity index (χ1) is 27.1. The van der Waals surface area contributed by atoms with Crippen LogP contribution in [0.2, 0.25) is 0 Å². The minimum Gasteiger partial charge on any atom is -0.486 e. The molecule has 0 saturated carbocycles. The smallest absolute Gasteiger partial charge is 0.231 e. The fourth-order valence-electron chi connectivity index (χ4n) is 5.09. The van der Waals surface area contributed by atoms with Crippen molar-refractivity contribution in [3.8, 4) is 23.0 Å². The first-order valence-electron chi connectivity index (χ1n) is 18.4. The van der Waals surface area contributed by atoms with E-state index in [1.807, 2.05) is 108 Å². The van der Waals surface area contributed by atoms with Crippen LogP contribution in [0, 0.1) is 0 Å². The van der Waals surface area contributed by atoms with Gasteiger partial charge >= 0.3 is 0 Å². The molecule has 2 aromatic heterocycles. The lowest BCUT2D eigenvalue weighted by Crippen LogP contribution is -2.46. The zero-order chi connectivity index (χ0) is 39.4. The van der Waals surface area contributed by atoms with Crippen molar-refractivity contribution < 1.29 is 34.2 Å². The van der Waals surface area contributed by atoms with Gasteiger partial charge in [0.05, 0.1) is 12.8 Å². The van der Waals surface area contributed by atoms with E-state index in [0.29, 0.717) is 59.3 Å². The number of nitrogens with zero attached hydrogens (tertiary/aromatic N) is 4. The Balaban J connectivity index is 0.000000956. The quantitative estimate of drug-likeness (QED) is 0.145. The molecular formula is C39H58N10O6. The van der Waals surface area contributed by atoms with E-state index < -0.39 is 12.6 Å². The van der Waals surface area contributed by atoms with Crippen molar-refractivity contribution in [3.63, 3.8) is 0 Å². The van der Waals surface area contributed by atoms with Gasteiger partial charge in [-0.2, -0.15) is 10.9 Å². The Morgan fingerprint density at radius 2 is 1.05 bits per heavy atom. The lowest BCUT2D eigenvalue weighted by molar-refractivity contribution is -0.122. The molecule has 300 valence electrons. The van der Waals surface area contributed by atoms with E-state index in [2.05, 4.69) is 52.3 Å². The number of carbonyl (C=O) groups excluding carboxylic acids is 2. The van der Waals surface area contributed by atoms with Crippen molar-refractivity contribution >= 4 is 23.5 Å². The van der Waals surface area contributed by atoms with Crippen LogP contribution in [0.4, 0.5) is 0 Å². The number of aliphatic imine (C=N–C) groups is 2. The largest absolute Gasteiger partial charge is 0.486 e. The summed E-state index contributed by atoms with van der Waals surface area (Å²) in [6, 6.07) is 22.1. The van der Waals surface area contributed by atoms with Crippen LogP contribution >= 0.6 is 0 Å². The van der Waals surface area contributed by atoms with E-state index in [1.54, 1.807) is 18.5 Å². The molecule has 0 saturated heterocycles. The Bertz CT molecular complexity index is 1900. The van der Waals surface area contributed by atoms with E-state index in [1.165, 1.54) is 0 Å². The number of hydrogen-bond donors (Lipinski definition) is 6. The molecule has 6 N–H and O–H groups in total. The number of carbonyl (C=O) groups is 2. The summed E-state index contributed by atoms with van der Waals surface area (Å²) in [5.41, 5.74) is 14.7. The van der Waals surface area contributed by atoms with Crippen molar-refractivity contribution in [2.24, 2.45) is 9.98 Å². The maximum Gasteiger partial charge on any atom is 0.231 e. The molecule has 16 heteroatoms. The van der Waals surface area contributed by atoms with Gasteiger partial charge in [0.25, 0.3) is 0 Å². The van der Waals surface area contributed by atoms with Gasteiger partial charge in [0.2, 0.25) is 18.6 Å². The van der Waals surface area contributed by atoms with Crippen LogP contribution in [0.5, 0.6) is 23.0 Å². The van der Waals surface area contributed by atoms with Crippen molar-refractivity contribution in [3.05, 3.63) is 108 Å². The molecule has 0 fully saturated rings. The van der Waals surface area contributed by atoms with Crippen LogP contribution in [0.3, 0.4) is 0 Å². The van der Waals surface area contributed by atoms with Crippen LogP contribution in [0.25, 0.3) is 0 Å². The third-order valence-corrected chi connectivity index (χ3v) is 7.35. The minimum atomic E-state index is -0.540. The summed E-state index contributed by atoms with van der Waals surface area (Å²) in [5, 5.41) is 5.60. The van der Waals surface area contributed by atoms with Gasteiger partial charge in [0.15, 0.2) is 47.2 Å². The summed E-state index contributed by atoms with van der Waals surface area (Å²) in [6.45, 7) is 13.3. The van der Waals surface area contributed by atoms with Crippen molar-refractivity contribution in [1.82, 2.24) is 42.3 Å². The number of ether oxygens (including phenoxy) is 4. The summed E-state index contributed by atoms with van der Waals surface area (Å²) < 4.78 is 21.6. The third-order valence-electron chi connectivity index (χ3n) is 7.35. The Morgan fingerprint density at radius 1 is 0.618 bits per heavy atom. The van der Waals surface area contributed by atoms with Crippen LogP contribution in [-0.4, -0.2) is 66.0 Å². The van der Waals surface area contributed by atoms with Gasteiger partial charge in [0.1, 0.15) is 24.6 Å². The van der Waals surface area contributed by atoms with E-state index in [0.717, 1.165) is 11.1 Å². The second kappa shape index (κ2) is 22.1. The molecule has 0 aliphatic carbocycles. The summed E-state index contributed by atoms with van der Waals surface area (Å²) in [4.78, 5) is 41.6. The van der Waals surface area contributed by atoms with Crippen molar-refractivity contribution in [2.45, 2.75) is 67.0 Å². The molecule has 2 atom stereocenters. The first-order valence-corrected chi connectivity index (χ1v) is 18.4. The van der Waals surface area contributed by atoms with Crippen molar-refractivity contribution in [2.75, 3.05) is 20.0 Å². The van der Waals surface area contributed by atoms with E-state index in [9.17, 15) is 9.59 Å². The summed E-state index contributed by atoms with van der Waals surface area (Å²) in [7, 11) is 0. The lowest BCUT2D eigenvalue weighted by atomic mass is 10.1. The molecule has 2 aromatic carbocycles.